The van der Waals surface area contributed by atoms with Gasteiger partial charge in [-0.05, 0) is 24.3 Å². The molecule has 0 aliphatic heterocycles. The first-order valence-electron chi connectivity index (χ1n) is 5.10. The van der Waals surface area contributed by atoms with Gasteiger partial charge >= 0.3 is 0 Å². The molecule has 0 aliphatic carbocycles. The fourth-order valence-electron chi connectivity index (χ4n) is 1.77. The van der Waals surface area contributed by atoms with Gasteiger partial charge in [0, 0.05) is 24.2 Å². The predicted octanol–water partition coefficient (Wildman–Crippen LogP) is 2.63. The van der Waals surface area contributed by atoms with E-state index in [1.165, 1.54) is 0 Å². The van der Waals surface area contributed by atoms with E-state index < -0.39 is 0 Å². The van der Waals surface area contributed by atoms with Crippen molar-refractivity contribution in [2.45, 2.75) is 0 Å². The summed E-state index contributed by atoms with van der Waals surface area (Å²) in [6, 6.07) is 7.39. The Morgan fingerprint density at radius 3 is 2.82 bits per heavy atom. The number of hydrogen-bond donors (Lipinski definition) is 1. The van der Waals surface area contributed by atoms with Crippen molar-refractivity contribution in [3.63, 3.8) is 0 Å². The Balaban J connectivity index is 2.32. The Hall–Kier alpha value is -2.07. The summed E-state index contributed by atoms with van der Waals surface area (Å²) in [7, 11) is 0. The van der Waals surface area contributed by atoms with Crippen LogP contribution in [0.1, 0.15) is 0 Å². The Morgan fingerprint density at radius 2 is 2.12 bits per heavy atom. The van der Waals surface area contributed by atoms with Crippen LogP contribution in [0.3, 0.4) is 0 Å². The maximum Gasteiger partial charge on any atom is 0.157 e. The van der Waals surface area contributed by atoms with E-state index in [0.29, 0.717) is 22.2 Å². The molecule has 0 radical (unpaired) electrons. The van der Waals surface area contributed by atoms with Gasteiger partial charge in [0.1, 0.15) is 11.5 Å². The number of nitrogens with two attached hydrogens (primary N) is 1. The summed E-state index contributed by atoms with van der Waals surface area (Å²) in [4.78, 5) is 8.51. The van der Waals surface area contributed by atoms with E-state index in [0.717, 1.165) is 5.56 Å². The monoisotopic (exact) mass is 244 g/mol. The third-order valence-corrected chi connectivity index (χ3v) is 2.87. The van der Waals surface area contributed by atoms with Crippen LogP contribution in [-0.4, -0.2) is 14.4 Å². The van der Waals surface area contributed by atoms with Crippen LogP contribution in [0.5, 0.6) is 0 Å². The van der Waals surface area contributed by atoms with Gasteiger partial charge < -0.3 is 5.73 Å². The number of pyridine rings is 2. The van der Waals surface area contributed by atoms with Crippen LogP contribution in [0, 0.1) is 0 Å². The maximum atomic E-state index is 6.08. The van der Waals surface area contributed by atoms with Crippen LogP contribution in [0.25, 0.3) is 16.9 Å². The van der Waals surface area contributed by atoms with Crippen molar-refractivity contribution in [2.75, 3.05) is 5.73 Å². The summed E-state index contributed by atoms with van der Waals surface area (Å²) >= 11 is 6.08. The molecular formula is C12H9ClN4. The van der Waals surface area contributed by atoms with E-state index in [-0.39, 0.29) is 0 Å². The highest BCUT2D eigenvalue weighted by atomic mass is 35.5. The summed E-state index contributed by atoms with van der Waals surface area (Å²) in [5.41, 5.74) is 8.29. The molecule has 0 spiro atoms. The molecule has 3 rings (SSSR count). The average molecular weight is 245 g/mol. The van der Waals surface area contributed by atoms with E-state index in [9.17, 15) is 0 Å². The largest absolute Gasteiger partial charge is 0.383 e. The van der Waals surface area contributed by atoms with E-state index in [2.05, 4.69) is 9.97 Å². The standard InChI is InChI=1S/C12H9ClN4/c13-9-4-2-6-17-11(14)10(16-12(9)17)8-3-1-5-15-7-8/h1-7H,14H2. The van der Waals surface area contributed by atoms with Crippen LogP contribution in [0.2, 0.25) is 5.02 Å². The number of imidazole rings is 1. The van der Waals surface area contributed by atoms with Gasteiger partial charge in [-0.2, -0.15) is 0 Å². The topological polar surface area (TPSA) is 56.2 Å². The maximum absolute atomic E-state index is 6.08. The van der Waals surface area contributed by atoms with Crippen molar-refractivity contribution < 1.29 is 0 Å². The van der Waals surface area contributed by atoms with Gasteiger partial charge in [0.25, 0.3) is 0 Å². The molecule has 2 N–H and O–H groups in total. The smallest absolute Gasteiger partial charge is 0.157 e. The molecule has 0 bridgehead atoms. The molecule has 0 atom stereocenters. The van der Waals surface area contributed by atoms with Crippen LogP contribution in [0.15, 0.2) is 42.9 Å². The minimum Gasteiger partial charge on any atom is -0.383 e. The van der Waals surface area contributed by atoms with E-state index in [1.54, 1.807) is 22.9 Å². The van der Waals surface area contributed by atoms with Crippen molar-refractivity contribution in [1.82, 2.24) is 14.4 Å². The third-order valence-electron chi connectivity index (χ3n) is 2.57. The summed E-state index contributed by atoms with van der Waals surface area (Å²) < 4.78 is 1.77. The van der Waals surface area contributed by atoms with Gasteiger partial charge in [0.05, 0.1) is 5.02 Å². The fourth-order valence-corrected chi connectivity index (χ4v) is 1.97. The molecule has 4 nitrogen and oxygen atoms in total. The number of hydrogen-bond acceptors (Lipinski definition) is 3. The molecule has 5 heteroatoms. The van der Waals surface area contributed by atoms with Crippen molar-refractivity contribution in [2.24, 2.45) is 0 Å². The molecular weight excluding hydrogens is 236 g/mol. The lowest BCUT2D eigenvalue weighted by Gasteiger charge is -1.98. The second-order valence-corrected chi connectivity index (χ2v) is 4.04. The summed E-state index contributed by atoms with van der Waals surface area (Å²) in [5, 5.41) is 0.578. The minimum atomic E-state index is 0.565. The lowest BCUT2D eigenvalue weighted by molar-refractivity contribution is 1.20. The summed E-state index contributed by atoms with van der Waals surface area (Å²) in [6.45, 7) is 0. The SMILES string of the molecule is Nc1c(-c2cccnc2)nc2c(Cl)cccn12. The molecule has 3 heterocycles. The number of fused-ring (bicyclic) bond motifs is 1. The zero-order valence-electron chi connectivity index (χ0n) is 8.84. The quantitative estimate of drug-likeness (QED) is 0.716. The molecule has 0 unspecified atom stereocenters. The van der Waals surface area contributed by atoms with E-state index in [1.807, 2.05) is 24.4 Å². The van der Waals surface area contributed by atoms with E-state index in [4.69, 9.17) is 17.3 Å². The number of nitrogens with zero attached hydrogens (tertiary/aromatic N) is 3. The van der Waals surface area contributed by atoms with Crippen LogP contribution < -0.4 is 5.73 Å². The lowest BCUT2D eigenvalue weighted by atomic mass is 10.2. The highest BCUT2D eigenvalue weighted by molar-refractivity contribution is 6.33. The lowest BCUT2D eigenvalue weighted by Crippen LogP contribution is -1.93. The van der Waals surface area contributed by atoms with Gasteiger partial charge in [-0.1, -0.05) is 11.6 Å². The molecule has 0 saturated heterocycles. The first kappa shape index (κ1) is 10.1. The molecule has 0 aliphatic rings. The predicted molar refractivity (Wildman–Crippen MR) is 67.8 cm³/mol. The highest BCUT2D eigenvalue weighted by Gasteiger charge is 2.12. The highest BCUT2D eigenvalue weighted by Crippen LogP contribution is 2.28. The molecule has 0 aromatic carbocycles. The zero-order valence-corrected chi connectivity index (χ0v) is 9.59. The molecule has 0 fully saturated rings. The Bertz CT molecular complexity index is 676. The third kappa shape index (κ3) is 1.54. The first-order chi connectivity index (χ1) is 8.27. The molecule has 17 heavy (non-hydrogen) atoms. The first-order valence-corrected chi connectivity index (χ1v) is 5.47. The fraction of sp³-hybridized carbons (Fsp3) is 0. The van der Waals surface area contributed by atoms with Crippen molar-refractivity contribution >= 4 is 23.1 Å². The number of nitrogen functional groups attached to an aromatic ring is 1. The molecule has 3 aromatic heterocycles. The molecule has 3 aromatic rings. The number of halogens is 1. The summed E-state index contributed by atoms with van der Waals surface area (Å²) in [5.74, 6) is 0.565. The second-order valence-electron chi connectivity index (χ2n) is 3.64. The van der Waals surface area contributed by atoms with Crippen LogP contribution in [-0.2, 0) is 0 Å². The minimum absolute atomic E-state index is 0.565. The molecule has 0 amide bonds. The van der Waals surface area contributed by atoms with Crippen LogP contribution in [0.4, 0.5) is 5.82 Å². The van der Waals surface area contributed by atoms with Gasteiger partial charge in [-0.15, -0.1) is 0 Å². The number of aromatic nitrogens is 3. The Kier molecular flexibility index (Phi) is 2.23. The second kappa shape index (κ2) is 3.75. The van der Waals surface area contributed by atoms with Crippen molar-refractivity contribution in [1.29, 1.82) is 0 Å². The molecule has 84 valence electrons. The zero-order chi connectivity index (χ0) is 11.8. The van der Waals surface area contributed by atoms with Crippen LogP contribution >= 0.6 is 11.6 Å². The molecule has 0 saturated carbocycles. The van der Waals surface area contributed by atoms with Gasteiger partial charge in [-0.3, -0.25) is 9.38 Å². The normalized spacial score (nSPS) is 10.9. The van der Waals surface area contributed by atoms with Gasteiger partial charge in [0.2, 0.25) is 0 Å². The Morgan fingerprint density at radius 1 is 1.24 bits per heavy atom. The van der Waals surface area contributed by atoms with Gasteiger partial charge in [-0.25, -0.2) is 4.98 Å². The number of anilines is 1. The summed E-state index contributed by atoms with van der Waals surface area (Å²) in [6.07, 6.45) is 5.28. The average Bonchev–Trinajstić information content (AvgIpc) is 2.70. The number of rotatable bonds is 1. The van der Waals surface area contributed by atoms with E-state index >= 15 is 0 Å². The van der Waals surface area contributed by atoms with Gasteiger partial charge in [0.15, 0.2) is 5.65 Å². The van der Waals surface area contributed by atoms with Crippen molar-refractivity contribution in [3.05, 3.63) is 47.9 Å². The Labute approximate surface area is 103 Å². The van der Waals surface area contributed by atoms with Crippen molar-refractivity contribution in [3.8, 4) is 11.3 Å².